The third-order valence-electron chi connectivity index (χ3n) is 12.5. The summed E-state index contributed by atoms with van der Waals surface area (Å²) in [6, 6.07) is 0. The number of ether oxygens (including phenoxy) is 3. The first-order chi connectivity index (χ1) is 33.0. The van der Waals surface area contributed by atoms with Crippen LogP contribution in [0.2, 0.25) is 0 Å². The molecule has 0 rings (SSSR count). The van der Waals surface area contributed by atoms with Crippen molar-refractivity contribution in [2.45, 2.75) is 297 Å². The molecule has 388 valence electrons. The van der Waals surface area contributed by atoms with Gasteiger partial charge in [0.05, 0.1) is 0 Å². The Kier molecular flexibility index (Phi) is 53.3. The van der Waals surface area contributed by atoms with Crippen LogP contribution in [0.3, 0.4) is 0 Å². The molecule has 1 atom stereocenters. The van der Waals surface area contributed by atoms with Crippen LogP contribution in [0.4, 0.5) is 0 Å². The first kappa shape index (κ1) is 64.1. The van der Waals surface area contributed by atoms with Crippen LogP contribution in [0.1, 0.15) is 290 Å². The number of hydrogen-bond acceptors (Lipinski definition) is 6. The van der Waals surface area contributed by atoms with Gasteiger partial charge in [-0.3, -0.25) is 14.4 Å². The molecule has 0 aliphatic rings. The van der Waals surface area contributed by atoms with Crippen LogP contribution in [0, 0.1) is 0 Å². The lowest BCUT2D eigenvalue weighted by Gasteiger charge is -2.18. The van der Waals surface area contributed by atoms with Gasteiger partial charge >= 0.3 is 17.9 Å². The van der Waals surface area contributed by atoms with Crippen LogP contribution in [0.15, 0.2) is 60.8 Å². The van der Waals surface area contributed by atoms with Crippen molar-refractivity contribution in [3.8, 4) is 0 Å². The summed E-state index contributed by atoms with van der Waals surface area (Å²) in [5, 5.41) is 0. The van der Waals surface area contributed by atoms with Crippen LogP contribution in [-0.2, 0) is 28.6 Å². The minimum absolute atomic E-state index is 0.0883. The van der Waals surface area contributed by atoms with Gasteiger partial charge in [-0.1, -0.05) is 223 Å². The van der Waals surface area contributed by atoms with E-state index in [-0.39, 0.29) is 31.1 Å². The number of carbonyl (C=O) groups excluding carboxylic acids is 3. The Morgan fingerprint density at radius 3 is 0.881 bits per heavy atom. The van der Waals surface area contributed by atoms with E-state index in [9.17, 15) is 14.4 Å². The summed E-state index contributed by atoms with van der Waals surface area (Å²) in [6.07, 6.45) is 69.2. The maximum atomic E-state index is 12.8. The fourth-order valence-corrected chi connectivity index (χ4v) is 8.09. The van der Waals surface area contributed by atoms with Gasteiger partial charge in [-0.05, 0) is 109 Å². The third kappa shape index (κ3) is 53.9. The number of carbonyl (C=O) groups is 3. The van der Waals surface area contributed by atoms with Gasteiger partial charge in [0, 0.05) is 19.3 Å². The van der Waals surface area contributed by atoms with Gasteiger partial charge in [-0.2, -0.15) is 0 Å². The molecule has 67 heavy (non-hydrogen) atoms. The number of unbranched alkanes of at least 4 members (excludes halogenated alkanes) is 31. The van der Waals surface area contributed by atoms with Gasteiger partial charge in [0.15, 0.2) is 6.10 Å². The molecular formula is C61H108O6. The quantitative estimate of drug-likeness (QED) is 0.0262. The lowest BCUT2D eigenvalue weighted by atomic mass is 10.1. The molecule has 0 amide bonds. The molecule has 6 heteroatoms. The first-order valence-electron chi connectivity index (χ1n) is 28.8. The molecule has 0 aliphatic carbocycles. The summed E-state index contributed by atoms with van der Waals surface area (Å²) in [5.41, 5.74) is 0. The van der Waals surface area contributed by atoms with E-state index in [2.05, 4.69) is 81.5 Å². The fraction of sp³-hybridized carbons (Fsp3) is 0.787. The van der Waals surface area contributed by atoms with Crippen molar-refractivity contribution >= 4 is 17.9 Å². The molecule has 0 radical (unpaired) electrons. The zero-order valence-electron chi connectivity index (χ0n) is 44.4. The molecule has 6 nitrogen and oxygen atoms in total. The van der Waals surface area contributed by atoms with E-state index in [1.807, 2.05) is 0 Å². The van der Waals surface area contributed by atoms with Gasteiger partial charge in [0.25, 0.3) is 0 Å². The highest BCUT2D eigenvalue weighted by Crippen LogP contribution is 2.15. The third-order valence-corrected chi connectivity index (χ3v) is 12.5. The van der Waals surface area contributed by atoms with Crippen molar-refractivity contribution in [3.05, 3.63) is 60.8 Å². The van der Waals surface area contributed by atoms with Crippen molar-refractivity contribution in [2.75, 3.05) is 13.2 Å². The standard InChI is InChI=1S/C61H108O6/c1-4-7-10-13-16-19-22-25-28-31-34-36-39-42-45-48-51-54-60(63)66-57-58(67-61(64)55-52-49-46-43-40-37-33-30-27-24-21-18-15-12-9-6-3)56-65-59(62)53-50-47-44-41-38-35-32-29-26-23-20-17-14-11-8-5-2/h16,19,25,28-30,32-34,36,58H,4-15,17-18,20-24,26-27,31,35,37-57H2,1-3H3/b19-16-,28-25-,32-29-,33-30-,36-34-/t58-/m1/s1. The van der Waals surface area contributed by atoms with Gasteiger partial charge < -0.3 is 14.2 Å². The monoisotopic (exact) mass is 937 g/mol. The van der Waals surface area contributed by atoms with Crippen molar-refractivity contribution in [3.63, 3.8) is 0 Å². The predicted molar refractivity (Wildman–Crippen MR) is 288 cm³/mol. The molecule has 0 bridgehead atoms. The Morgan fingerprint density at radius 1 is 0.299 bits per heavy atom. The number of allylic oxidation sites excluding steroid dienone is 10. The zero-order valence-corrected chi connectivity index (χ0v) is 44.4. The van der Waals surface area contributed by atoms with E-state index in [4.69, 9.17) is 14.2 Å². The molecular weight excluding hydrogens is 829 g/mol. The van der Waals surface area contributed by atoms with Crippen molar-refractivity contribution in [2.24, 2.45) is 0 Å². The van der Waals surface area contributed by atoms with Gasteiger partial charge in [-0.25, -0.2) is 0 Å². The van der Waals surface area contributed by atoms with E-state index >= 15 is 0 Å². The summed E-state index contributed by atoms with van der Waals surface area (Å²) >= 11 is 0. The first-order valence-corrected chi connectivity index (χ1v) is 28.8. The summed E-state index contributed by atoms with van der Waals surface area (Å²) in [6.45, 7) is 6.60. The zero-order chi connectivity index (χ0) is 48.6. The van der Waals surface area contributed by atoms with Crippen molar-refractivity contribution in [1.29, 1.82) is 0 Å². The molecule has 0 unspecified atom stereocenters. The van der Waals surface area contributed by atoms with Gasteiger partial charge in [0.2, 0.25) is 0 Å². The lowest BCUT2D eigenvalue weighted by Crippen LogP contribution is -2.30. The van der Waals surface area contributed by atoms with E-state index in [0.29, 0.717) is 19.3 Å². The van der Waals surface area contributed by atoms with E-state index in [1.165, 1.54) is 148 Å². The normalized spacial score (nSPS) is 12.5. The number of esters is 3. The highest BCUT2D eigenvalue weighted by atomic mass is 16.6. The highest BCUT2D eigenvalue weighted by Gasteiger charge is 2.19. The Labute approximate surface area is 415 Å². The summed E-state index contributed by atoms with van der Waals surface area (Å²) < 4.78 is 16.8. The van der Waals surface area contributed by atoms with Gasteiger partial charge in [0.1, 0.15) is 13.2 Å². The van der Waals surface area contributed by atoms with Crippen LogP contribution in [0.25, 0.3) is 0 Å². The molecule has 0 aliphatic heterocycles. The maximum absolute atomic E-state index is 12.8. The molecule has 0 aromatic heterocycles. The average molecular weight is 938 g/mol. The molecule has 0 saturated heterocycles. The SMILES string of the molecule is CCCCC/C=C\C/C=C\C/C=C\CCCCCCC(=O)OC[C@@H](COC(=O)CCCCCCC/C=C\CCCCCCCCC)OC(=O)CCCCCCC/C=C\CCCCCCCCC. The van der Waals surface area contributed by atoms with Crippen LogP contribution in [0.5, 0.6) is 0 Å². The molecule has 0 aromatic rings. The van der Waals surface area contributed by atoms with E-state index in [1.54, 1.807) is 0 Å². The summed E-state index contributed by atoms with van der Waals surface area (Å²) in [4.78, 5) is 38.1. The van der Waals surface area contributed by atoms with Crippen LogP contribution < -0.4 is 0 Å². The molecule has 0 N–H and O–H groups in total. The molecule has 0 spiro atoms. The van der Waals surface area contributed by atoms with Crippen LogP contribution in [-0.4, -0.2) is 37.2 Å². The van der Waals surface area contributed by atoms with Crippen molar-refractivity contribution in [1.82, 2.24) is 0 Å². The Balaban J connectivity index is 4.43. The Bertz CT molecular complexity index is 1210. The Hall–Kier alpha value is -2.89. The molecule has 0 heterocycles. The highest BCUT2D eigenvalue weighted by molar-refractivity contribution is 5.71. The smallest absolute Gasteiger partial charge is 0.306 e. The molecule has 0 fully saturated rings. The summed E-state index contributed by atoms with van der Waals surface area (Å²) in [7, 11) is 0. The number of hydrogen-bond donors (Lipinski definition) is 0. The fourth-order valence-electron chi connectivity index (χ4n) is 8.09. The second kappa shape index (κ2) is 55.7. The van der Waals surface area contributed by atoms with E-state index < -0.39 is 6.10 Å². The second-order valence-corrected chi connectivity index (χ2v) is 19.2. The summed E-state index contributed by atoms with van der Waals surface area (Å²) in [5.74, 6) is -0.917. The minimum atomic E-state index is -0.791. The maximum Gasteiger partial charge on any atom is 0.306 e. The van der Waals surface area contributed by atoms with E-state index in [0.717, 1.165) is 103 Å². The van der Waals surface area contributed by atoms with Crippen molar-refractivity contribution < 1.29 is 28.6 Å². The topological polar surface area (TPSA) is 78.9 Å². The largest absolute Gasteiger partial charge is 0.462 e. The molecule has 0 saturated carbocycles. The Morgan fingerprint density at radius 2 is 0.537 bits per heavy atom. The predicted octanol–water partition coefficient (Wildman–Crippen LogP) is 19.2. The second-order valence-electron chi connectivity index (χ2n) is 19.2. The molecule has 0 aromatic carbocycles. The van der Waals surface area contributed by atoms with Crippen LogP contribution >= 0.6 is 0 Å². The van der Waals surface area contributed by atoms with Gasteiger partial charge in [-0.15, -0.1) is 0 Å². The number of rotatable bonds is 52. The lowest BCUT2D eigenvalue weighted by molar-refractivity contribution is -0.167. The average Bonchev–Trinajstić information content (AvgIpc) is 3.33. The minimum Gasteiger partial charge on any atom is -0.462 e.